The van der Waals surface area contributed by atoms with Gasteiger partial charge in [-0.3, -0.25) is 0 Å². The molecule has 8 heavy (non-hydrogen) atoms. The second-order valence-corrected chi connectivity index (χ2v) is 0.437. The monoisotopic (exact) mass is 124 g/mol. The molecular weight excluding hydrogens is 115 g/mol. The molecule has 0 rings (SSSR count). The van der Waals surface area contributed by atoms with Crippen LogP contribution < -0.4 is 0 Å². The summed E-state index contributed by atoms with van der Waals surface area (Å²) in [4.78, 5) is 8.56. The summed E-state index contributed by atoms with van der Waals surface area (Å²) in [5.41, 5.74) is 0. The number of hydrogen-bond donors (Lipinski definition) is 2. The molecule has 0 spiro atoms. The van der Waals surface area contributed by atoms with Crippen LogP contribution in [0.25, 0.3) is 0 Å². The van der Waals surface area contributed by atoms with E-state index in [0.29, 0.717) is 0 Å². The van der Waals surface area contributed by atoms with Gasteiger partial charge in [0.25, 0.3) is 0 Å². The van der Waals surface area contributed by atoms with Crippen LogP contribution in [0.4, 0.5) is 9.18 Å². The number of rotatable bonds is 0. The van der Waals surface area contributed by atoms with Crippen LogP contribution in [0, 0.1) is 0 Å². The van der Waals surface area contributed by atoms with E-state index in [1.165, 1.54) is 0 Å². The van der Waals surface area contributed by atoms with Crippen LogP contribution in [0.3, 0.4) is 0 Å². The molecule has 0 aliphatic carbocycles. The maximum absolute atomic E-state index is 10.1. The fraction of sp³-hybridized carbons (Fsp3) is 0.250. The second kappa shape index (κ2) is 16.8. The topological polar surface area (TPSA) is 57.5 Å². The first kappa shape index (κ1) is 15.8. The van der Waals surface area contributed by atoms with E-state index >= 15 is 0 Å². The zero-order valence-electron chi connectivity index (χ0n) is 3.47. The quantitative estimate of drug-likeness (QED) is 0.519. The summed E-state index contributed by atoms with van der Waals surface area (Å²) < 4.78 is 10.1. The highest BCUT2D eigenvalue weighted by Crippen LogP contribution is 1.48. The molecule has 2 N–H and O–H groups in total. The summed E-state index contributed by atoms with van der Waals surface area (Å²) in [5.74, 6) is 0. The minimum Gasteiger partial charge on any atom is -0.450 e. The van der Waals surface area contributed by atoms with Gasteiger partial charge in [0.05, 0.1) is 6.33 Å². The van der Waals surface area contributed by atoms with Crippen LogP contribution in [0.15, 0.2) is 12.9 Å². The smallest absolute Gasteiger partial charge is 0.450 e. The van der Waals surface area contributed by atoms with E-state index in [4.69, 9.17) is 15.0 Å². The van der Waals surface area contributed by atoms with E-state index < -0.39 is 6.16 Å². The van der Waals surface area contributed by atoms with Crippen molar-refractivity contribution in [2.45, 2.75) is 7.43 Å². The van der Waals surface area contributed by atoms with Gasteiger partial charge in [-0.1, -0.05) is 14.0 Å². The Balaban J connectivity index is -0.0000000575. The second-order valence-electron chi connectivity index (χ2n) is 0.437. The first-order valence-electron chi connectivity index (χ1n) is 1.28. The van der Waals surface area contributed by atoms with Crippen LogP contribution in [-0.2, 0) is 0 Å². The van der Waals surface area contributed by atoms with Crippen LogP contribution in [-0.4, -0.2) is 16.4 Å². The number of carboxylic acid groups (broad SMARTS) is 2. The van der Waals surface area contributed by atoms with Crippen molar-refractivity contribution < 1.29 is 19.4 Å². The molecule has 0 radical (unpaired) electrons. The molecule has 0 unspecified atom stereocenters. The minimum absolute atomic E-state index is 0. The van der Waals surface area contributed by atoms with E-state index in [1.54, 1.807) is 0 Å². The van der Waals surface area contributed by atoms with Crippen LogP contribution in [0.1, 0.15) is 7.43 Å². The molecule has 0 aromatic carbocycles. The normalized spacial score (nSPS) is 4.62. The highest BCUT2D eigenvalue weighted by atomic mass is 19.1. The Morgan fingerprint density at radius 1 is 1.62 bits per heavy atom. The summed E-state index contributed by atoms with van der Waals surface area (Å²) in [6.07, 6.45) is -1.58. The van der Waals surface area contributed by atoms with Gasteiger partial charge in [-0.05, 0) is 0 Å². The third-order valence-electron chi connectivity index (χ3n) is 0. The predicted octanol–water partition coefficient (Wildman–Crippen LogP) is 1.96. The van der Waals surface area contributed by atoms with Gasteiger partial charge in [0.15, 0.2) is 0 Å². The van der Waals surface area contributed by atoms with E-state index in [-0.39, 0.29) is 13.8 Å². The van der Waals surface area contributed by atoms with Gasteiger partial charge in [-0.15, -0.1) is 0 Å². The first-order chi connectivity index (χ1) is 3.15. The van der Waals surface area contributed by atoms with Crippen molar-refractivity contribution in [1.82, 2.24) is 0 Å². The lowest BCUT2D eigenvalue weighted by molar-refractivity contribution is 0.137. The minimum atomic E-state index is -1.83. The van der Waals surface area contributed by atoms with Crippen LogP contribution >= 0.6 is 0 Å². The Bertz CT molecular complexity index is 58.3. The van der Waals surface area contributed by atoms with Crippen molar-refractivity contribution in [3.8, 4) is 0 Å². The zero-order valence-corrected chi connectivity index (χ0v) is 3.47. The summed E-state index contributed by atoms with van der Waals surface area (Å²) in [6.45, 7) is 2.69. The molecule has 0 bridgehead atoms. The standard InChI is InChI=1S/C2H3F.CH2O3.CH4/c1-2-3;2-1(3)4;/h2H,1H2;(H2,2,3,4);1H4. The van der Waals surface area contributed by atoms with Gasteiger partial charge >= 0.3 is 6.16 Å². The van der Waals surface area contributed by atoms with Gasteiger partial charge in [-0.2, -0.15) is 0 Å². The largest absolute Gasteiger partial charge is 0.503 e. The molecule has 50 valence electrons. The maximum atomic E-state index is 10.1. The Kier molecular flexibility index (Phi) is 33.1. The average molecular weight is 124 g/mol. The molecule has 0 fully saturated rings. The Morgan fingerprint density at radius 3 is 1.62 bits per heavy atom. The molecule has 4 heteroatoms. The van der Waals surface area contributed by atoms with Crippen molar-refractivity contribution in [2.75, 3.05) is 0 Å². The van der Waals surface area contributed by atoms with Crippen molar-refractivity contribution in [3.63, 3.8) is 0 Å². The third kappa shape index (κ3) is 68.3. The summed E-state index contributed by atoms with van der Waals surface area (Å²) in [6, 6.07) is 0. The van der Waals surface area contributed by atoms with Crippen LogP contribution in [0.2, 0.25) is 0 Å². The molecule has 3 nitrogen and oxygen atoms in total. The molecule has 0 heterocycles. The van der Waals surface area contributed by atoms with Gasteiger partial charge < -0.3 is 10.2 Å². The number of hydrogen-bond acceptors (Lipinski definition) is 1. The maximum Gasteiger partial charge on any atom is 0.503 e. The highest BCUT2D eigenvalue weighted by molar-refractivity contribution is 5.53. The van der Waals surface area contributed by atoms with Gasteiger partial charge in [0.2, 0.25) is 0 Å². The lowest BCUT2D eigenvalue weighted by Gasteiger charge is -1.60. The van der Waals surface area contributed by atoms with Crippen molar-refractivity contribution in [3.05, 3.63) is 12.9 Å². The molecule has 0 aliphatic heterocycles. The van der Waals surface area contributed by atoms with Crippen molar-refractivity contribution in [1.29, 1.82) is 0 Å². The van der Waals surface area contributed by atoms with Crippen molar-refractivity contribution in [2.24, 2.45) is 0 Å². The zero-order chi connectivity index (χ0) is 6.28. The van der Waals surface area contributed by atoms with Crippen molar-refractivity contribution >= 4 is 6.16 Å². The summed E-state index contributed by atoms with van der Waals surface area (Å²) >= 11 is 0. The lowest BCUT2D eigenvalue weighted by atomic mass is 11.2. The third-order valence-corrected chi connectivity index (χ3v) is 0. The van der Waals surface area contributed by atoms with Crippen LogP contribution in [0.5, 0.6) is 0 Å². The molecule has 0 saturated carbocycles. The summed E-state index contributed by atoms with van der Waals surface area (Å²) in [5, 5.41) is 13.9. The lowest BCUT2D eigenvalue weighted by Crippen LogP contribution is -1.81. The van der Waals surface area contributed by atoms with E-state index in [0.717, 1.165) is 0 Å². The van der Waals surface area contributed by atoms with E-state index in [1.807, 2.05) is 0 Å². The Labute approximate surface area is 47.1 Å². The molecule has 0 saturated heterocycles. The van der Waals surface area contributed by atoms with E-state index in [9.17, 15) is 4.39 Å². The Hall–Kier alpha value is -1.06. The first-order valence-corrected chi connectivity index (χ1v) is 1.28. The number of halogens is 1. The SMILES string of the molecule is C.C=CF.O=C(O)O. The predicted molar refractivity (Wildman–Crippen MR) is 28.7 cm³/mol. The number of carbonyl (C=O) groups is 1. The molecule has 0 atom stereocenters. The molecular formula is C4H9FO3. The molecule has 0 aromatic rings. The molecule has 0 aromatic heterocycles. The average Bonchev–Trinajstić information content (AvgIpc) is 1.33. The highest BCUT2D eigenvalue weighted by Gasteiger charge is 1.70. The molecule has 0 aliphatic rings. The fourth-order valence-corrected chi connectivity index (χ4v) is 0. The van der Waals surface area contributed by atoms with Gasteiger partial charge in [0, 0.05) is 0 Å². The molecule has 0 amide bonds. The Morgan fingerprint density at radius 2 is 1.62 bits per heavy atom. The summed E-state index contributed by atoms with van der Waals surface area (Å²) in [7, 11) is 0. The van der Waals surface area contributed by atoms with E-state index in [2.05, 4.69) is 6.58 Å². The van der Waals surface area contributed by atoms with Gasteiger partial charge in [0.1, 0.15) is 0 Å². The fourth-order valence-electron chi connectivity index (χ4n) is 0. The van der Waals surface area contributed by atoms with Gasteiger partial charge in [-0.25, -0.2) is 9.18 Å².